The first-order valence-corrected chi connectivity index (χ1v) is 6.89. The van der Waals surface area contributed by atoms with E-state index in [0.717, 1.165) is 31.6 Å². The predicted octanol–water partition coefficient (Wildman–Crippen LogP) is 1.49. The Morgan fingerprint density at radius 3 is 3.12 bits per heavy atom. The van der Waals surface area contributed by atoms with Crippen molar-refractivity contribution < 1.29 is 4.79 Å². The molecule has 1 aromatic rings. The van der Waals surface area contributed by atoms with Crippen molar-refractivity contribution in [3.63, 3.8) is 0 Å². The van der Waals surface area contributed by atoms with Gasteiger partial charge in [0.2, 0.25) is 5.91 Å². The molecule has 5 heteroatoms. The summed E-state index contributed by atoms with van der Waals surface area (Å²) in [5.41, 5.74) is 2.53. The normalized spacial score (nSPS) is 24.6. The molecule has 1 aliphatic rings. The standard InChI is InChI=1S/C12H19N3OS/c1-12(4-3-5-13-8-12)11(16)15(2)6-10-7-17-9-14-10/h7,9,13H,3-6,8H2,1-2H3. The number of hydrogen-bond donors (Lipinski definition) is 1. The van der Waals surface area contributed by atoms with E-state index in [1.807, 2.05) is 12.4 Å². The van der Waals surface area contributed by atoms with E-state index in [2.05, 4.69) is 17.2 Å². The van der Waals surface area contributed by atoms with E-state index < -0.39 is 0 Å². The van der Waals surface area contributed by atoms with Crippen molar-refractivity contribution in [1.82, 2.24) is 15.2 Å². The minimum atomic E-state index is -0.247. The zero-order valence-electron chi connectivity index (χ0n) is 10.4. The number of aromatic nitrogens is 1. The molecule has 1 fully saturated rings. The predicted molar refractivity (Wildman–Crippen MR) is 68.8 cm³/mol. The third-order valence-electron chi connectivity index (χ3n) is 3.34. The number of amides is 1. The van der Waals surface area contributed by atoms with E-state index >= 15 is 0 Å². The highest BCUT2D eigenvalue weighted by atomic mass is 32.1. The Morgan fingerprint density at radius 2 is 2.53 bits per heavy atom. The second kappa shape index (κ2) is 5.14. The topological polar surface area (TPSA) is 45.2 Å². The Morgan fingerprint density at radius 1 is 1.71 bits per heavy atom. The quantitative estimate of drug-likeness (QED) is 0.887. The first-order valence-electron chi connectivity index (χ1n) is 5.95. The third-order valence-corrected chi connectivity index (χ3v) is 3.98. The van der Waals surface area contributed by atoms with Crippen LogP contribution in [0.25, 0.3) is 0 Å². The van der Waals surface area contributed by atoms with Crippen LogP contribution in [0.3, 0.4) is 0 Å². The summed E-state index contributed by atoms with van der Waals surface area (Å²) in [5.74, 6) is 0.220. The summed E-state index contributed by atoms with van der Waals surface area (Å²) in [6.45, 7) is 4.48. The van der Waals surface area contributed by atoms with Crippen molar-refractivity contribution in [2.24, 2.45) is 5.41 Å². The molecule has 0 aromatic carbocycles. The van der Waals surface area contributed by atoms with Crippen LogP contribution < -0.4 is 5.32 Å². The average molecular weight is 253 g/mol. The second-order valence-electron chi connectivity index (χ2n) is 4.98. The third kappa shape index (κ3) is 2.84. The van der Waals surface area contributed by atoms with Gasteiger partial charge < -0.3 is 10.2 Å². The summed E-state index contributed by atoms with van der Waals surface area (Å²) in [6.07, 6.45) is 2.05. The van der Waals surface area contributed by atoms with Gasteiger partial charge in [0, 0.05) is 19.0 Å². The molecule has 1 aromatic heterocycles. The van der Waals surface area contributed by atoms with Crippen LogP contribution in [0.15, 0.2) is 10.9 Å². The molecule has 1 unspecified atom stereocenters. The zero-order valence-corrected chi connectivity index (χ0v) is 11.2. The van der Waals surface area contributed by atoms with Crippen molar-refractivity contribution in [2.45, 2.75) is 26.3 Å². The minimum Gasteiger partial charge on any atom is -0.339 e. The number of nitrogens with zero attached hydrogens (tertiary/aromatic N) is 2. The molecule has 0 radical (unpaired) electrons. The Labute approximate surface area is 106 Å². The SMILES string of the molecule is CN(Cc1cscn1)C(=O)C1(C)CCCNC1. The number of rotatable bonds is 3. The van der Waals surface area contributed by atoms with Crippen LogP contribution in [-0.2, 0) is 11.3 Å². The molecule has 0 saturated carbocycles. The molecule has 1 aliphatic heterocycles. The molecule has 2 rings (SSSR count). The molecule has 1 amide bonds. The molecule has 0 spiro atoms. The van der Waals surface area contributed by atoms with Gasteiger partial charge in [-0.05, 0) is 26.3 Å². The van der Waals surface area contributed by atoms with Crippen molar-refractivity contribution >= 4 is 17.2 Å². The smallest absolute Gasteiger partial charge is 0.229 e. The summed E-state index contributed by atoms with van der Waals surface area (Å²) in [6, 6.07) is 0. The monoisotopic (exact) mass is 253 g/mol. The maximum atomic E-state index is 12.4. The molecule has 17 heavy (non-hydrogen) atoms. The van der Waals surface area contributed by atoms with Crippen molar-refractivity contribution in [2.75, 3.05) is 20.1 Å². The molecule has 1 N–H and O–H groups in total. The average Bonchev–Trinajstić information content (AvgIpc) is 2.81. The second-order valence-corrected chi connectivity index (χ2v) is 5.70. The van der Waals surface area contributed by atoms with Gasteiger partial charge in [-0.2, -0.15) is 0 Å². The molecule has 2 heterocycles. The van der Waals surface area contributed by atoms with Gasteiger partial charge in [0.05, 0.1) is 23.2 Å². The summed E-state index contributed by atoms with van der Waals surface area (Å²) in [4.78, 5) is 18.4. The summed E-state index contributed by atoms with van der Waals surface area (Å²) >= 11 is 1.57. The molecular formula is C12H19N3OS. The molecular weight excluding hydrogens is 234 g/mol. The number of thiazole rings is 1. The number of piperidine rings is 1. The number of nitrogens with one attached hydrogen (secondary N) is 1. The summed E-state index contributed by atoms with van der Waals surface area (Å²) < 4.78 is 0. The van der Waals surface area contributed by atoms with Crippen LogP contribution in [-0.4, -0.2) is 35.9 Å². The maximum Gasteiger partial charge on any atom is 0.229 e. The summed E-state index contributed by atoms with van der Waals surface area (Å²) in [5, 5.41) is 5.30. The molecule has 0 bridgehead atoms. The Kier molecular flexibility index (Phi) is 3.79. The Bertz CT molecular complexity index is 371. The molecule has 1 atom stereocenters. The highest BCUT2D eigenvalue weighted by Crippen LogP contribution is 2.28. The van der Waals surface area contributed by atoms with Gasteiger partial charge in [0.15, 0.2) is 0 Å². The van der Waals surface area contributed by atoms with E-state index in [4.69, 9.17) is 0 Å². The van der Waals surface area contributed by atoms with Crippen LogP contribution in [0, 0.1) is 5.41 Å². The van der Waals surface area contributed by atoms with Gasteiger partial charge >= 0.3 is 0 Å². The van der Waals surface area contributed by atoms with Gasteiger partial charge in [-0.1, -0.05) is 0 Å². The zero-order chi connectivity index (χ0) is 12.3. The van der Waals surface area contributed by atoms with E-state index in [9.17, 15) is 4.79 Å². The Hall–Kier alpha value is -0.940. The first-order chi connectivity index (χ1) is 8.12. The Balaban J connectivity index is 1.98. The van der Waals surface area contributed by atoms with Crippen LogP contribution in [0.5, 0.6) is 0 Å². The van der Waals surface area contributed by atoms with Gasteiger partial charge in [-0.25, -0.2) is 4.98 Å². The highest BCUT2D eigenvalue weighted by molar-refractivity contribution is 7.07. The van der Waals surface area contributed by atoms with Crippen LogP contribution in [0.2, 0.25) is 0 Å². The maximum absolute atomic E-state index is 12.4. The fourth-order valence-electron chi connectivity index (χ4n) is 2.33. The van der Waals surface area contributed by atoms with Crippen molar-refractivity contribution in [1.29, 1.82) is 0 Å². The molecule has 4 nitrogen and oxygen atoms in total. The highest BCUT2D eigenvalue weighted by Gasteiger charge is 2.36. The molecule has 94 valence electrons. The van der Waals surface area contributed by atoms with Crippen molar-refractivity contribution in [3.05, 3.63) is 16.6 Å². The fraction of sp³-hybridized carbons (Fsp3) is 0.667. The molecule has 1 saturated heterocycles. The van der Waals surface area contributed by atoms with E-state index in [-0.39, 0.29) is 11.3 Å². The number of hydrogen-bond acceptors (Lipinski definition) is 4. The molecule has 0 aliphatic carbocycles. The lowest BCUT2D eigenvalue weighted by molar-refractivity contribution is -0.141. The van der Waals surface area contributed by atoms with Crippen LogP contribution in [0.1, 0.15) is 25.5 Å². The first kappa shape index (κ1) is 12.5. The van der Waals surface area contributed by atoms with Gasteiger partial charge in [-0.15, -0.1) is 11.3 Å². The fourth-order valence-corrected chi connectivity index (χ4v) is 2.88. The largest absolute Gasteiger partial charge is 0.339 e. The number of carbonyl (C=O) groups excluding carboxylic acids is 1. The van der Waals surface area contributed by atoms with E-state index in [0.29, 0.717) is 6.54 Å². The van der Waals surface area contributed by atoms with Gasteiger partial charge in [0.25, 0.3) is 0 Å². The lowest BCUT2D eigenvalue weighted by atomic mass is 9.81. The van der Waals surface area contributed by atoms with Crippen LogP contribution >= 0.6 is 11.3 Å². The lowest BCUT2D eigenvalue weighted by Crippen LogP contribution is -2.48. The van der Waals surface area contributed by atoms with Gasteiger partial charge in [0.1, 0.15) is 0 Å². The number of carbonyl (C=O) groups is 1. The van der Waals surface area contributed by atoms with Crippen molar-refractivity contribution in [3.8, 4) is 0 Å². The van der Waals surface area contributed by atoms with E-state index in [1.165, 1.54) is 0 Å². The van der Waals surface area contributed by atoms with Gasteiger partial charge in [-0.3, -0.25) is 4.79 Å². The van der Waals surface area contributed by atoms with E-state index in [1.54, 1.807) is 21.7 Å². The lowest BCUT2D eigenvalue weighted by Gasteiger charge is -2.35. The van der Waals surface area contributed by atoms with Crippen LogP contribution in [0.4, 0.5) is 0 Å². The summed E-state index contributed by atoms with van der Waals surface area (Å²) in [7, 11) is 1.86. The minimum absolute atomic E-state index is 0.220.